The summed E-state index contributed by atoms with van der Waals surface area (Å²) in [5.41, 5.74) is 7.02. The molecule has 1 aromatic rings. The van der Waals surface area contributed by atoms with Gasteiger partial charge < -0.3 is 0 Å². The average Bonchev–Trinajstić information content (AvgIpc) is 2.77. The normalized spacial score (nSPS) is 33.0. The van der Waals surface area contributed by atoms with Crippen LogP contribution in [0.25, 0.3) is 0 Å². The van der Waals surface area contributed by atoms with Crippen molar-refractivity contribution in [2.45, 2.75) is 65.2 Å². The summed E-state index contributed by atoms with van der Waals surface area (Å²) in [4.78, 5) is 0. The van der Waals surface area contributed by atoms with Crippen molar-refractivity contribution in [3.05, 3.63) is 58.7 Å². The van der Waals surface area contributed by atoms with Gasteiger partial charge in [-0.2, -0.15) is 0 Å². The first kappa shape index (κ1) is 14.6. The summed E-state index contributed by atoms with van der Waals surface area (Å²) in [5, 5.41) is 0. The molecule has 1 fully saturated rings. The van der Waals surface area contributed by atoms with Crippen molar-refractivity contribution in [2.75, 3.05) is 0 Å². The van der Waals surface area contributed by atoms with Crippen LogP contribution < -0.4 is 0 Å². The first-order valence-corrected chi connectivity index (χ1v) is 8.22. The molecule has 0 amide bonds. The second kappa shape index (κ2) is 4.35. The molecule has 3 rings (SSSR count). The second-order valence-electron chi connectivity index (χ2n) is 8.15. The van der Waals surface area contributed by atoms with Crippen LogP contribution in [0.15, 0.2) is 47.6 Å². The van der Waals surface area contributed by atoms with Gasteiger partial charge in [-0.3, -0.25) is 0 Å². The van der Waals surface area contributed by atoms with Crippen LogP contribution in [-0.4, -0.2) is 0 Å². The fourth-order valence-corrected chi connectivity index (χ4v) is 5.38. The van der Waals surface area contributed by atoms with E-state index in [9.17, 15) is 0 Å². The fraction of sp³-hybridized carbons (Fsp3) is 0.524. The highest BCUT2D eigenvalue weighted by molar-refractivity contribution is 5.60. The van der Waals surface area contributed by atoms with Crippen molar-refractivity contribution in [2.24, 2.45) is 5.41 Å². The van der Waals surface area contributed by atoms with Crippen LogP contribution in [0.3, 0.4) is 0 Å². The Morgan fingerprint density at radius 3 is 1.86 bits per heavy atom. The number of hydrogen-bond donors (Lipinski definition) is 0. The molecular weight excluding hydrogens is 252 g/mol. The summed E-state index contributed by atoms with van der Waals surface area (Å²) < 4.78 is 0. The quantitative estimate of drug-likeness (QED) is 0.552. The molecule has 1 atom stereocenters. The van der Waals surface area contributed by atoms with Gasteiger partial charge in [0.2, 0.25) is 0 Å². The largest absolute Gasteiger partial charge is 0.0836 e. The topological polar surface area (TPSA) is 0 Å². The Hall–Kier alpha value is -1.30. The van der Waals surface area contributed by atoms with Gasteiger partial charge in [0.15, 0.2) is 0 Å². The summed E-state index contributed by atoms with van der Waals surface area (Å²) in [5.74, 6) is 0. The zero-order valence-corrected chi connectivity index (χ0v) is 14.4. The average molecular weight is 280 g/mol. The van der Waals surface area contributed by atoms with E-state index in [1.54, 1.807) is 22.3 Å². The molecule has 112 valence electrons. The van der Waals surface area contributed by atoms with E-state index in [0.29, 0.717) is 0 Å². The van der Waals surface area contributed by atoms with Crippen molar-refractivity contribution in [1.29, 1.82) is 0 Å². The second-order valence-corrected chi connectivity index (χ2v) is 8.15. The van der Waals surface area contributed by atoms with E-state index in [0.717, 1.165) is 0 Å². The predicted molar refractivity (Wildman–Crippen MR) is 91.7 cm³/mol. The van der Waals surface area contributed by atoms with Crippen molar-refractivity contribution in [1.82, 2.24) is 0 Å². The lowest BCUT2D eigenvalue weighted by atomic mass is 9.73. The van der Waals surface area contributed by atoms with Crippen LogP contribution in [-0.2, 0) is 10.8 Å². The lowest BCUT2D eigenvalue weighted by Crippen LogP contribution is -2.25. The Bertz CT molecular complexity index is 640. The maximum Gasteiger partial charge on any atom is 0.0221 e. The van der Waals surface area contributed by atoms with Crippen molar-refractivity contribution in [3.8, 4) is 0 Å². The molecule has 1 saturated carbocycles. The molecule has 0 heterocycles. The van der Waals surface area contributed by atoms with E-state index >= 15 is 0 Å². The van der Waals surface area contributed by atoms with Gasteiger partial charge in [-0.25, -0.2) is 0 Å². The van der Waals surface area contributed by atoms with E-state index in [1.807, 2.05) is 0 Å². The molecule has 0 saturated heterocycles. The smallest absolute Gasteiger partial charge is 0.0221 e. The molecule has 0 radical (unpaired) electrons. The molecule has 1 spiro atoms. The lowest BCUT2D eigenvalue weighted by Gasteiger charge is -2.30. The van der Waals surface area contributed by atoms with Gasteiger partial charge in [0.05, 0.1) is 0 Å². The maximum atomic E-state index is 2.41. The highest BCUT2D eigenvalue weighted by atomic mass is 14.6. The minimum atomic E-state index is 0.222. The molecule has 2 aliphatic carbocycles. The van der Waals surface area contributed by atoms with Crippen LogP contribution in [0.1, 0.15) is 65.5 Å². The van der Waals surface area contributed by atoms with E-state index < -0.39 is 0 Å². The molecule has 0 aliphatic heterocycles. The Morgan fingerprint density at radius 2 is 1.29 bits per heavy atom. The first-order valence-electron chi connectivity index (χ1n) is 8.22. The Balaban J connectivity index is 2.29. The van der Waals surface area contributed by atoms with Gasteiger partial charge in [-0.1, -0.05) is 64.1 Å². The summed E-state index contributed by atoms with van der Waals surface area (Å²) in [6.07, 6.45) is 7.19. The minimum absolute atomic E-state index is 0.222. The number of allylic oxidation sites excluding steroid dienone is 4. The molecule has 0 heteroatoms. The van der Waals surface area contributed by atoms with E-state index in [-0.39, 0.29) is 16.2 Å². The number of fused-ring (bicyclic) bond motifs is 2. The number of hydrogen-bond acceptors (Lipinski definition) is 0. The third-order valence-electron chi connectivity index (χ3n) is 5.77. The molecular formula is C21H28. The maximum absolute atomic E-state index is 2.41. The van der Waals surface area contributed by atoms with E-state index in [4.69, 9.17) is 0 Å². The van der Waals surface area contributed by atoms with E-state index in [1.165, 1.54) is 12.8 Å². The summed E-state index contributed by atoms with van der Waals surface area (Å²) in [7, 11) is 0. The van der Waals surface area contributed by atoms with Crippen molar-refractivity contribution < 1.29 is 0 Å². The summed E-state index contributed by atoms with van der Waals surface area (Å²) in [6, 6.07) is 9.14. The van der Waals surface area contributed by atoms with Crippen molar-refractivity contribution >= 4 is 0 Å². The summed E-state index contributed by atoms with van der Waals surface area (Å²) in [6.45, 7) is 14.1. The molecule has 2 aliphatic rings. The van der Waals surface area contributed by atoms with Gasteiger partial charge in [0.25, 0.3) is 0 Å². The summed E-state index contributed by atoms with van der Waals surface area (Å²) >= 11 is 0. The molecule has 0 aromatic heterocycles. The third kappa shape index (κ3) is 1.81. The highest BCUT2D eigenvalue weighted by Gasteiger charge is 2.57. The first-order chi connectivity index (χ1) is 9.78. The van der Waals surface area contributed by atoms with Crippen LogP contribution in [0.5, 0.6) is 0 Å². The standard InChI is InChI=1S/C21H28/c1-7-15-16(8-2)21(13-19(15,3)4)14-20(5,6)17-11-9-10-12-18(17)21/h7-12H,13-14H2,1-6H3/b15-7+,16-8+. The van der Waals surface area contributed by atoms with Gasteiger partial charge in [0.1, 0.15) is 0 Å². The zero-order valence-electron chi connectivity index (χ0n) is 14.4. The molecule has 21 heavy (non-hydrogen) atoms. The van der Waals surface area contributed by atoms with Crippen LogP contribution >= 0.6 is 0 Å². The van der Waals surface area contributed by atoms with Gasteiger partial charge in [0, 0.05) is 5.41 Å². The Labute approximate surface area is 130 Å². The predicted octanol–water partition coefficient (Wildman–Crippen LogP) is 5.93. The van der Waals surface area contributed by atoms with Crippen LogP contribution in [0.2, 0.25) is 0 Å². The Morgan fingerprint density at radius 1 is 0.762 bits per heavy atom. The highest BCUT2D eigenvalue weighted by Crippen LogP contribution is 2.65. The number of rotatable bonds is 0. The van der Waals surface area contributed by atoms with Crippen LogP contribution in [0.4, 0.5) is 0 Å². The lowest BCUT2D eigenvalue weighted by molar-refractivity contribution is 0.332. The van der Waals surface area contributed by atoms with E-state index in [2.05, 4.69) is 78.0 Å². The van der Waals surface area contributed by atoms with Gasteiger partial charge in [-0.15, -0.1) is 0 Å². The van der Waals surface area contributed by atoms with Gasteiger partial charge in [-0.05, 0) is 59.8 Å². The monoisotopic (exact) mass is 280 g/mol. The molecule has 1 unspecified atom stereocenters. The molecule has 0 bridgehead atoms. The molecule has 0 nitrogen and oxygen atoms in total. The Kier molecular flexibility index (Phi) is 3.03. The van der Waals surface area contributed by atoms with Crippen molar-refractivity contribution in [3.63, 3.8) is 0 Å². The number of benzene rings is 1. The third-order valence-corrected chi connectivity index (χ3v) is 5.77. The fourth-order valence-electron chi connectivity index (χ4n) is 5.38. The molecule has 1 aromatic carbocycles. The van der Waals surface area contributed by atoms with Crippen LogP contribution in [0, 0.1) is 5.41 Å². The zero-order chi connectivity index (χ0) is 15.5. The van der Waals surface area contributed by atoms with Gasteiger partial charge >= 0.3 is 0 Å². The SMILES string of the molecule is C/C=C1\C(=C/C)C2(CC1(C)C)CC(C)(C)c1ccccc12. The molecule has 0 N–H and O–H groups in total. The minimum Gasteiger partial charge on any atom is -0.0836 e.